The third-order valence-electron chi connectivity index (χ3n) is 3.11. The van der Waals surface area contributed by atoms with Crippen molar-refractivity contribution < 1.29 is 9.84 Å². The zero-order valence-electron chi connectivity index (χ0n) is 13.4. The van der Waals surface area contributed by atoms with Crippen molar-refractivity contribution in [1.82, 2.24) is 0 Å². The van der Waals surface area contributed by atoms with Gasteiger partial charge in [0.25, 0.3) is 0 Å². The fraction of sp³-hybridized carbons (Fsp3) is 0.529. The summed E-state index contributed by atoms with van der Waals surface area (Å²) in [6.45, 7) is 11.5. The van der Waals surface area contributed by atoms with Crippen LogP contribution in [0.4, 0.5) is 0 Å². The Kier molecular flexibility index (Phi) is 6.66. The van der Waals surface area contributed by atoms with Gasteiger partial charge in [-0.1, -0.05) is 61.2 Å². The van der Waals surface area contributed by atoms with Crippen molar-refractivity contribution in [1.29, 1.82) is 0 Å². The summed E-state index contributed by atoms with van der Waals surface area (Å²) in [4.78, 5) is 0. The van der Waals surface area contributed by atoms with Crippen LogP contribution in [0.2, 0.25) is 19.6 Å². The molecule has 2 nitrogen and oxygen atoms in total. The van der Waals surface area contributed by atoms with Gasteiger partial charge < -0.3 is 9.84 Å². The maximum atomic E-state index is 10.2. The maximum Gasteiger partial charge on any atom is 0.0836 e. The molecule has 0 spiro atoms. The van der Waals surface area contributed by atoms with E-state index in [4.69, 9.17) is 4.74 Å². The molecule has 0 bridgehead atoms. The van der Waals surface area contributed by atoms with Gasteiger partial charge in [-0.05, 0) is 25.8 Å². The molecule has 0 unspecified atom stereocenters. The van der Waals surface area contributed by atoms with Gasteiger partial charge in [0.2, 0.25) is 0 Å². The Morgan fingerprint density at radius 2 is 1.85 bits per heavy atom. The molecule has 112 valence electrons. The fourth-order valence-electron chi connectivity index (χ4n) is 2.21. The number of aliphatic hydroxyl groups excluding tert-OH is 1. The second-order valence-corrected chi connectivity index (χ2v) is 11.7. The molecule has 3 heteroatoms. The van der Waals surface area contributed by atoms with Crippen LogP contribution in [0.15, 0.2) is 41.6 Å². The summed E-state index contributed by atoms with van der Waals surface area (Å²) in [5.41, 5.74) is 4.76. The van der Waals surface area contributed by atoms with Crippen LogP contribution in [0.25, 0.3) is 0 Å². The van der Waals surface area contributed by atoms with Crippen molar-refractivity contribution in [2.75, 3.05) is 0 Å². The molecule has 0 aliphatic rings. The lowest BCUT2D eigenvalue weighted by Gasteiger charge is -2.21. The molecule has 0 radical (unpaired) electrons. The second-order valence-electron chi connectivity index (χ2n) is 6.63. The molecule has 0 saturated carbocycles. The topological polar surface area (TPSA) is 29.5 Å². The SMILES string of the molecule is C/C(=C\[Si](C)(C)C)C[C@H](O)[C@H](C)OCc1ccccc1. The van der Waals surface area contributed by atoms with E-state index in [2.05, 4.69) is 32.3 Å². The summed E-state index contributed by atoms with van der Waals surface area (Å²) >= 11 is 0. The molecule has 0 aromatic heterocycles. The monoisotopic (exact) mass is 292 g/mol. The quantitative estimate of drug-likeness (QED) is 0.764. The fourth-order valence-corrected chi connectivity index (χ4v) is 3.80. The number of benzene rings is 1. The van der Waals surface area contributed by atoms with E-state index in [-0.39, 0.29) is 6.10 Å². The third-order valence-corrected chi connectivity index (χ3v) is 4.47. The molecule has 2 atom stereocenters. The van der Waals surface area contributed by atoms with Gasteiger partial charge in [0.05, 0.1) is 26.9 Å². The predicted molar refractivity (Wildman–Crippen MR) is 88.4 cm³/mol. The molecule has 1 aromatic rings. The minimum Gasteiger partial charge on any atom is -0.390 e. The van der Waals surface area contributed by atoms with Gasteiger partial charge in [-0.15, -0.1) is 0 Å². The lowest BCUT2D eigenvalue weighted by Crippen LogP contribution is -2.27. The highest BCUT2D eigenvalue weighted by Gasteiger charge is 2.17. The molecule has 0 fully saturated rings. The molecule has 0 aliphatic heterocycles. The van der Waals surface area contributed by atoms with Crippen LogP contribution in [0.3, 0.4) is 0 Å². The highest BCUT2D eigenvalue weighted by atomic mass is 28.3. The first kappa shape index (κ1) is 17.1. The van der Waals surface area contributed by atoms with E-state index in [1.807, 2.05) is 37.3 Å². The molecule has 20 heavy (non-hydrogen) atoms. The van der Waals surface area contributed by atoms with Crippen LogP contribution in [0, 0.1) is 0 Å². The molecule has 0 amide bonds. The van der Waals surface area contributed by atoms with Crippen LogP contribution in [0.1, 0.15) is 25.8 Å². The van der Waals surface area contributed by atoms with Crippen molar-refractivity contribution in [3.8, 4) is 0 Å². The summed E-state index contributed by atoms with van der Waals surface area (Å²) in [6, 6.07) is 10.1. The highest BCUT2D eigenvalue weighted by molar-refractivity contribution is 6.81. The lowest BCUT2D eigenvalue weighted by atomic mass is 10.1. The Morgan fingerprint density at radius 1 is 1.25 bits per heavy atom. The first-order chi connectivity index (χ1) is 9.28. The normalized spacial score (nSPS) is 16.0. The molecule has 1 rings (SSSR count). The van der Waals surface area contributed by atoms with Crippen LogP contribution in [-0.4, -0.2) is 25.4 Å². The summed E-state index contributed by atoms with van der Waals surface area (Å²) in [5.74, 6) is 0. The number of hydrogen-bond donors (Lipinski definition) is 1. The number of hydrogen-bond acceptors (Lipinski definition) is 2. The summed E-state index contributed by atoms with van der Waals surface area (Å²) in [7, 11) is -1.21. The molecule has 0 aliphatic carbocycles. The molecule has 1 aromatic carbocycles. The molecule has 0 saturated heterocycles. The smallest absolute Gasteiger partial charge is 0.0836 e. The van der Waals surface area contributed by atoms with Gasteiger partial charge in [0.1, 0.15) is 0 Å². The minimum absolute atomic E-state index is 0.153. The molecule has 0 heterocycles. The van der Waals surface area contributed by atoms with E-state index in [1.165, 1.54) is 5.57 Å². The standard InChI is InChI=1S/C17H28O2Si/c1-14(13-20(3,4)5)11-17(18)15(2)19-12-16-9-7-6-8-10-16/h6-10,13,15,17-18H,11-12H2,1-5H3/b14-13+/t15-,17-/m0/s1. The van der Waals surface area contributed by atoms with E-state index in [9.17, 15) is 5.11 Å². The summed E-state index contributed by atoms with van der Waals surface area (Å²) < 4.78 is 5.75. The van der Waals surface area contributed by atoms with Crippen LogP contribution in [-0.2, 0) is 11.3 Å². The van der Waals surface area contributed by atoms with Crippen LogP contribution < -0.4 is 0 Å². The van der Waals surface area contributed by atoms with E-state index in [1.54, 1.807) is 0 Å². The minimum atomic E-state index is -1.21. The Bertz CT molecular complexity index is 420. The van der Waals surface area contributed by atoms with Crippen molar-refractivity contribution >= 4 is 8.07 Å². The van der Waals surface area contributed by atoms with Crippen molar-refractivity contribution in [3.63, 3.8) is 0 Å². The van der Waals surface area contributed by atoms with E-state index in [0.29, 0.717) is 13.0 Å². The Morgan fingerprint density at radius 3 is 2.40 bits per heavy atom. The Balaban J connectivity index is 2.43. The lowest BCUT2D eigenvalue weighted by molar-refractivity contribution is -0.0343. The van der Waals surface area contributed by atoms with Gasteiger partial charge >= 0.3 is 0 Å². The average molecular weight is 292 g/mol. The number of aliphatic hydroxyl groups is 1. The third kappa shape index (κ3) is 7.03. The number of ether oxygens (including phenoxy) is 1. The largest absolute Gasteiger partial charge is 0.390 e. The predicted octanol–water partition coefficient (Wildman–Crippen LogP) is 4.17. The average Bonchev–Trinajstić information content (AvgIpc) is 2.34. The van der Waals surface area contributed by atoms with Gasteiger partial charge in [0, 0.05) is 0 Å². The summed E-state index contributed by atoms with van der Waals surface area (Å²) in [5, 5.41) is 10.2. The van der Waals surface area contributed by atoms with Gasteiger partial charge in [-0.25, -0.2) is 0 Å². The zero-order valence-corrected chi connectivity index (χ0v) is 14.4. The highest BCUT2D eigenvalue weighted by Crippen LogP contribution is 2.15. The van der Waals surface area contributed by atoms with E-state index >= 15 is 0 Å². The van der Waals surface area contributed by atoms with Crippen LogP contribution in [0.5, 0.6) is 0 Å². The van der Waals surface area contributed by atoms with E-state index in [0.717, 1.165) is 5.56 Å². The Labute approximate surface area is 124 Å². The van der Waals surface area contributed by atoms with E-state index < -0.39 is 14.2 Å². The maximum absolute atomic E-state index is 10.2. The van der Waals surface area contributed by atoms with Gasteiger partial charge in [-0.3, -0.25) is 0 Å². The molecular formula is C17H28O2Si. The summed E-state index contributed by atoms with van der Waals surface area (Å²) in [6.07, 6.45) is 0.103. The number of rotatable bonds is 7. The van der Waals surface area contributed by atoms with Crippen molar-refractivity contribution in [3.05, 3.63) is 47.2 Å². The van der Waals surface area contributed by atoms with Gasteiger partial charge in [-0.2, -0.15) is 0 Å². The second kappa shape index (κ2) is 7.77. The Hall–Kier alpha value is -0.903. The first-order valence-electron chi connectivity index (χ1n) is 7.30. The van der Waals surface area contributed by atoms with Crippen LogP contribution >= 0.6 is 0 Å². The molecular weight excluding hydrogens is 264 g/mol. The molecule has 1 N–H and O–H groups in total. The zero-order chi connectivity index (χ0) is 15.2. The van der Waals surface area contributed by atoms with Gasteiger partial charge in [0.15, 0.2) is 0 Å². The first-order valence-corrected chi connectivity index (χ1v) is 10.9. The van der Waals surface area contributed by atoms with Crippen molar-refractivity contribution in [2.24, 2.45) is 0 Å². The van der Waals surface area contributed by atoms with Crippen molar-refractivity contribution in [2.45, 2.75) is 58.7 Å².